The fourth-order valence-electron chi connectivity index (χ4n) is 4.46. The van der Waals surface area contributed by atoms with Crippen molar-refractivity contribution in [3.63, 3.8) is 0 Å². The number of hydrogen-bond acceptors (Lipinski definition) is 2. The van der Waals surface area contributed by atoms with Crippen LogP contribution >= 0.6 is 0 Å². The molecular weight excluding hydrogens is 365 g/mol. The zero-order chi connectivity index (χ0) is 21.3. The lowest BCUT2D eigenvalue weighted by atomic mass is 9.73. The molecule has 0 saturated heterocycles. The first kappa shape index (κ1) is 20.5. The lowest BCUT2D eigenvalue weighted by Crippen LogP contribution is -2.27. The van der Waals surface area contributed by atoms with Crippen LogP contribution in [0.3, 0.4) is 0 Å². The van der Waals surface area contributed by atoms with Gasteiger partial charge in [0.15, 0.2) is 0 Å². The predicted molar refractivity (Wildman–Crippen MR) is 128 cm³/mol. The van der Waals surface area contributed by atoms with E-state index in [2.05, 4.69) is 98.6 Å². The summed E-state index contributed by atoms with van der Waals surface area (Å²) in [6.07, 6.45) is 4.15. The molecule has 150 valence electrons. The molecule has 1 unspecified atom stereocenters. The van der Waals surface area contributed by atoms with Gasteiger partial charge >= 0.3 is 0 Å². The second-order valence-electron chi connectivity index (χ2n) is 8.09. The van der Waals surface area contributed by atoms with Gasteiger partial charge in [0.1, 0.15) is 7.85 Å². The topological polar surface area (TPSA) is 12.5 Å². The maximum Gasteiger partial charge on any atom is 0.126 e. The molecule has 0 spiro atoms. The van der Waals surface area contributed by atoms with Gasteiger partial charge in [0.05, 0.1) is 5.50 Å². The molecule has 3 heteroatoms. The summed E-state index contributed by atoms with van der Waals surface area (Å²) in [6.45, 7) is 4.29. The smallest absolute Gasteiger partial charge is 0.126 e. The third-order valence-corrected chi connectivity index (χ3v) is 6.02. The Hall–Kier alpha value is -2.78. The lowest BCUT2D eigenvalue weighted by Gasteiger charge is -2.29. The van der Waals surface area contributed by atoms with Crippen molar-refractivity contribution in [3.8, 4) is 22.3 Å². The first-order valence-electron chi connectivity index (χ1n) is 10.6. The van der Waals surface area contributed by atoms with Crippen molar-refractivity contribution in [2.24, 2.45) is 0 Å². The largest absolute Gasteiger partial charge is 0.380 e. The highest BCUT2D eigenvalue weighted by molar-refractivity contribution is 6.16. The molecule has 0 saturated carbocycles. The molecule has 4 rings (SSSR count). The number of ether oxygens (including phenoxy) is 1. The van der Waals surface area contributed by atoms with Crippen molar-refractivity contribution in [2.75, 3.05) is 19.1 Å². The van der Waals surface area contributed by atoms with Gasteiger partial charge in [0, 0.05) is 36.7 Å². The molecule has 3 aromatic carbocycles. The number of anilines is 2. The molecule has 2 nitrogen and oxygen atoms in total. The van der Waals surface area contributed by atoms with Gasteiger partial charge in [-0.25, -0.2) is 0 Å². The maximum atomic E-state index is 6.75. The standard InChI is InChI=1S/C27H28BNO/c1-5-10-19(2)18-27(28,30-4)20-15-16-26-24(17-20)22-12-7-6-11-21(22)23-13-8-9-14-25(23)29(26)3/h6-9,11-18H,5,10H2,1-4H3/b19-18-. The Kier molecular flexibility index (Phi) is 5.57. The normalized spacial score (nSPS) is 14.9. The molecular formula is C27H28BNO. The molecule has 1 heterocycles. The van der Waals surface area contributed by atoms with Gasteiger partial charge in [-0.1, -0.05) is 73.5 Å². The van der Waals surface area contributed by atoms with Gasteiger partial charge in [-0.05, 0) is 48.2 Å². The quantitative estimate of drug-likeness (QED) is 0.349. The van der Waals surface area contributed by atoms with Gasteiger partial charge in [0.25, 0.3) is 0 Å². The Balaban J connectivity index is 1.94. The van der Waals surface area contributed by atoms with Crippen LogP contribution in [-0.2, 0) is 10.2 Å². The Morgan fingerprint density at radius 1 is 0.933 bits per heavy atom. The summed E-state index contributed by atoms with van der Waals surface area (Å²) in [5.41, 5.74) is 8.42. The average Bonchev–Trinajstić information content (AvgIpc) is 2.87. The summed E-state index contributed by atoms with van der Waals surface area (Å²) in [6, 6.07) is 23.6. The van der Waals surface area contributed by atoms with Crippen LogP contribution in [-0.4, -0.2) is 22.0 Å². The van der Waals surface area contributed by atoms with Gasteiger partial charge in [-0.15, -0.1) is 0 Å². The first-order chi connectivity index (χ1) is 14.5. The Morgan fingerprint density at radius 2 is 1.53 bits per heavy atom. The van der Waals surface area contributed by atoms with Gasteiger partial charge in [0.2, 0.25) is 0 Å². The summed E-state index contributed by atoms with van der Waals surface area (Å²) < 4.78 is 5.83. The van der Waals surface area contributed by atoms with E-state index in [1.807, 2.05) is 0 Å². The van der Waals surface area contributed by atoms with E-state index in [0.717, 1.165) is 29.7 Å². The Morgan fingerprint density at radius 3 is 2.20 bits per heavy atom. The van der Waals surface area contributed by atoms with Crippen LogP contribution in [0.1, 0.15) is 32.3 Å². The van der Waals surface area contributed by atoms with E-state index >= 15 is 0 Å². The van der Waals surface area contributed by atoms with E-state index in [9.17, 15) is 0 Å². The summed E-state index contributed by atoms with van der Waals surface area (Å²) in [7, 11) is 10.6. The Labute approximate surface area is 181 Å². The fourth-order valence-corrected chi connectivity index (χ4v) is 4.46. The van der Waals surface area contributed by atoms with Crippen LogP contribution in [0.25, 0.3) is 22.3 Å². The zero-order valence-corrected chi connectivity index (χ0v) is 18.3. The maximum absolute atomic E-state index is 6.75. The third kappa shape index (κ3) is 3.48. The third-order valence-electron chi connectivity index (χ3n) is 6.02. The monoisotopic (exact) mass is 393 g/mol. The Bertz CT molecular complexity index is 1100. The number of hydrogen-bond donors (Lipinski definition) is 0. The minimum atomic E-state index is -0.957. The number of rotatable bonds is 5. The number of nitrogens with zero attached hydrogens (tertiary/aromatic N) is 1. The van der Waals surface area contributed by atoms with Crippen molar-refractivity contribution in [1.82, 2.24) is 0 Å². The molecule has 2 radical (unpaired) electrons. The minimum Gasteiger partial charge on any atom is -0.380 e. The van der Waals surface area contributed by atoms with Crippen molar-refractivity contribution in [1.29, 1.82) is 0 Å². The van der Waals surface area contributed by atoms with Crippen molar-refractivity contribution < 1.29 is 4.74 Å². The van der Waals surface area contributed by atoms with E-state index in [1.54, 1.807) is 7.11 Å². The van der Waals surface area contributed by atoms with Crippen LogP contribution in [0.15, 0.2) is 78.4 Å². The highest BCUT2D eigenvalue weighted by Crippen LogP contribution is 2.47. The zero-order valence-electron chi connectivity index (χ0n) is 18.3. The van der Waals surface area contributed by atoms with Crippen molar-refractivity contribution in [2.45, 2.75) is 32.2 Å². The highest BCUT2D eigenvalue weighted by atomic mass is 16.5. The van der Waals surface area contributed by atoms with Crippen LogP contribution < -0.4 is 4.90 Å². The number of methoxy groups -OCH3 is 1. The molecule has 0 fully saturated rings. The fraction of sp³-hybridized carbons (Fsp3) is 0.259. The number of benzene rings is 3. The van der Waals surface area contributed by atoms with Crippen LogP contribution in [0.2, 0.25) is 0 Å². The van der Waals surface area contributed by atoms with E-state index < -0.39 is 5.50 Å². The van der Waals surface area contributed by atoms with Crippen LogP contribution in [0, 0.1) is 0 Å². The minimum absolute atomic E-state index is 0.952. The SMILES string of the molecule is [B]C(/C=C(/C)CCC)(OC)c1ccc2c(c1)-c1ccccc1-c1ccccc1N2C. The number of allylic oxidation sites excluding steroid dienone is 1. The molecule has 0 N–H and O–H groups in total. The molecule has 0 amide bonds. The molecule has 1 aliphatic heterocycles. The van der Waals surface area contributed by atoms with Crippen LogP contribution in [0.4, 0.5) is 11.4 Å². The molecule has 0 bridgehead atoms. The molecule has 0 aromatic heterocycles. The summed E-state index contributed by atoms with van der Waals surface area (Å²) in [4.78, 5) is 2.26. The first-order valence-corrected chi connectivity index (χ1v) is 10.6. The van der Waals surface area contributed by atoms with Gasteiger partial charge in [-0.2, -0.15) is 0 Å². The van der Waals surface area contributed by atoms with E-state index in [-0.39, 0.29) is 0 Å². The van der Waals surface area contributed by atoms with Crippen LogP contribution in [0.5, 0.6) is 0 Å². The van der Waals surface area contributed by atoms with Gasteiger partial charge in [-0.3, -0.25) is 0 Å². The summed E-state index contributed by atoms with van der Waals surface area (Å²) in [5.74, 6) is 0. The van der Waals surface area contributed by atoms with Crippen molar-refractivity contribution in [3.05, 3.63) is 83.9 Å². The highest BCUT2D eigenvalue weighted by Gasteiger charge is 2.27. The molecule has 30 heavy (non-hydrogen) atoms. The van der Waals surface area contributed by atoms with Gasteiger partial charge < -0.3 is 9.64 Å². The lowest BCUT2D eigenvalue weighted by molar-refractivity contribution is 0.102. The number of para-hydroxylation sites is 1. The number of fused-ring (bicyclic) bond motifs is 5. The van der Waals surface area contributed by atoms with E-state index in [1.165, 1.54) is 28.0 Å². The second-order valence-corrected chi connectivity index (χ2v) is 8.09. The molecule has 1 atom stereocenters. The predicted octanol–water partition coefficient (Wildman–Crippen LogP) is 6.82. The summed E-state index contributed by atoms with van der Waals surface area (Å²) >= 11 is 0. The second kappa shape index (κ2) is 8.16. The molecule has 1 aliphatic rings. The van der Waals surface area contributed by atoms with E-state index in [0.29, 0.717) is 0 Å². The summed E-state index contributed by atoms with van der Waals surface area (Å²) in [5, 5.41) is 0. The average molecular weight is 393 g/mol. The van der Waals surface area contributed by atoms with E-state index in [4.69, 9.17) is 12.6 Å². The molecule has 3 aromatic rings. The van der Waals surface area contributed by atoms with Crippen molar-refractivity contribution >= 4 is 19.2 Å². The molecule has 0 aliphatic carbocycles.